The molecule has 0 saturated heterocycles. The molecule has 6 heteroatoms. The van der Waals surface area contributed by atoms with E-state index in [4.69, 9.17) is 0 Å². The van der Waals surface area contributed by atoms with Gasteiger partial charge in [-0.3, -0.25) is 0 Å². The van der Waals surface area contributed by atoms with Crippen LogP contribution in [0.25, 0.3) is 9.06 Å². The van der Waals surface area contributed by atoms with E-state index >= 15 is 0 Å². The SMILES string of the molecule is CC(C)c1cccc(C(C)C)c1N1C=CN(c2c(C(C)C)cccc2C(C)C)B1/C(=[C](\[Sn][N](c1c(C(C)C)cccc1C(C)C)[Si](C)(C)C)c1ccccc1)c1ccccc1. The first-order valence-electron chi connectivity index (χ1n) is 23.0. The Kier molecular flexibility index (Phi) is 15.0. The molecule has 0 saturated carbocycles. The number of benzene rings is 5. The van der Waals surface area contributed by atoms with Crippen LogP contribution in [-0.2, 0) is 0 Å². The van der Waals surface area contributed by atoms with E-state index in [1.165, 1.54) is 70.6 Å². The molecule has 0 aromatic heterocycles. The van der Waals surface area contributed by atoms with Crippen molar-refractivity contribution in [3.63, 3.8) is 0 Å². The number of nitrogens with zero attached hydrogens (tertiary/aromatic N) is 3. The molecule has 5 aromatic carbocycles. The van der Waals surface area contributed by atoms with Crippen LogP contribution in [0.1, 0.15) is 163 Å². The molecule has 2 radical (unpaired) electrons. The van der Waals surface area contributed by atoms with E-state index in [9.17, 15) is 0 Å². The molecular weight excluding hydrogens is 860 g/mol. The van der Waals surface area contributed by atoms with Gasteiger partial charge in [0, 0.05) is 0 Å². The normalized spacial score (nSPS) is 13.9. The number of para-hydroxylation sites is 3. The number of hydrogen-bond acceptors (Lipinski definition) is 3. The second-order valence-electron chi connectivity index (χ2n) is 19.9. The topological polar surface area (TPSA) is 9.72 Å². The van der Waals surface area contributed by atoms with Crippen LogP contribution in [0.3, 0.4) is 0 Å². The van der Waals surface area contributed by atoms with Crippen molar-refractivity contribution in [1.82, 2.24) is 0 Å². The molecule has 1 aliphatic rings. The molecule has 1 heterocycles. The van der Waals surface area contributed by atoms with Crippen LogP contribution in [-0.4, -0.2) is 36.6 Å². The zero-order valence-electron chi connectivity index (χ0n) is 40.0. The van der Waals surface area contributed by atoms with E-state index in [2.05, 4.69) is 243 Å². The molecule has 6 rings (SSSR count). The van der Waals surface area contributed by atoms with Crippen molar-refractivity contribution < 1.29 is 0 Å². The van der Waals surface area contributed by atoms with Gasteiger partial charge >= 0.3 is 386 Å². The third-order valence-electron chi connectivity index (χ3n) is 12.3. The molecule has 61 heavy (non-hydrogen) atoms. The molecule has 5 aromatic rings. The summed E-state index contributed by atoms with van der Waals surface area (Å²) < 4.78 is 4.59. The van der Waals surface area contributed by atoms with Crippen molar-refractivity contribution in [3.05, 3.63) is 172 Å². The van der Waals surface area contributed by atoms with E-state index in [0.717, 1.165) is 0 Å². The summed E-state index contributed by atoms with van der Waals surface area (Å²) in [5.41, 5.74) is 16.8. The Morgan fingerprint density at radius 3 is 1.10 bits per heavy atom. The molecule has 0 N–H and O–H groups in total. The first-order chi connectivity index (χ1) is 28.9. The van der Waals surface area contributed by atoms with Gasteiger partial charge in [-0.05, 0) is 0 Å². The second kappa shape index (κ2) is 19.6. The molecular formula is C55H72BN3SiSn. The number of anilines is 3. The monoisotopic (exact) mass is 933 g/mol. The Bertz CT molecular complexity index is 2170. The fourth-order valence-corrected chi connectivity index (χ4v) is 17.6. The van der Waals surface area contributed by atoms with Crippen LogP contribution in [0.5, 0.6) is 0 Å². The fraction of sp³-hybridized carbons (Fsp3) is 0.382. The molecule has 0 amide bonds. The third-order valence-corrected chi connectivity index (χ3v) is 23.8. The minimum absolute atomic E-state index is 0.137. The first kappa shape index (κ1) is 46.6. The summed E-state index contributed by atoms with van der Waals surface area (Å²) in [6, 6.07) is 44.2. The Hall–Kier alpha value is -3.94. The second-order valence-corrected chi connectivity index (χ2v) is 29.3. The summed E-state index contributed by atoms with van der Waals surface area (Å²) in [5, 5.41) is 0. The van der Waals surface area contributed by atoms with Gasteiger partial charge in [0.25, 0.3) is 0 Å². The number of hydrogen-bond donors (Lipinski definition) is 0. The molecule has 0 bridgehead atoms. The maximum absolute atomic E-state index is 3.05. The average molecular weight is 933 g/mol. The summed E-state index contributed by atoms with van der Waals surface area (Å²) in [7, 11) is -1.99. The predicted molar refractivity (Wildman–Crippen MR) is 275 cm³/mol. The summed E-state index contributed by atoms with van der Waals surface area (Å²) in [5.74, 6) is 2.24. The summed E-state index contributed by atoms with van der Waals surface area (Å²) in [6.07, 6.45) is 4.85. The van der Waals surface area contributed by atoms with Gasteiger partial charge in [-0.25, -0.2) is 0 Å². The van der Waals surface area contributed by atoms with Crippen molar-refractivity contribution in [2.24, 2.45) is 0 Å². The zero-order valence-corrected chi connectivity index (χ0v) is 43.9. The molecule has 3 nitrogen and oxygen atoms in total. The quantitative estimate of drug-likeness (QED) is 0.0765. The fourth-order valence-electron chi connectivity index (χ4n) is 9.10. The van der Waals surface area contributed by atoms with Crippen molar-refractivity contribution >= 4 is 62.8 Å². The molecule has 0 atom stereocenters. The van der Waals surface area contributed by atoms with Gasteiger partial charge in [0.05, 0.1) is 0 Å². The third kappa shape index (κ3) is 9.84. The molecule has 0 fully saturated rings. The van der Waals surface area contributed by atoms with Gasteiger partial charge in [0.2, 0.25) is 0 Å². The van der Waals surface area contributed by atoms with Crippen LogP contribution >= 0.6 is 0 Å². The van der Waals surface area contributed by atoms with Crippen LogP contribution in [0.4, 0.5) is 17.1 Å². The predicted octanol–water partition coefficient (Wildman–Crippen LogP) is 15.8. The first-order valence-corrected chi connectivity index (χ1v) is 29.1. The molecule has 0 unspecified atom stereocenters. The number of rotatable bonds is 15. The zero-order chi connectivity index (χ0) is 44.3. The summed E-state index contributed by atoms with van der Waals surface area (Å²) >= 11 is -1.65. The maximum atomic E-state index is 3.05. The van der Waals surface area contributed by atoms with Gasteiger partial charge in [-0.15, -0.1) is 0 Å². The van der Waals surface area contributed by atoms with Gasteiger partial charge in [0.1, 0.15) is 0 Å². The van der Waals surface area contributed by atoms with E-state index in [-0.39, 0.29) is 6.98 Å². The van der Waals surface area contributed by atoms with Crippen molar-refractivity contribution in [3.8, 4) is 0 Å². The van der Waals surface area contributed by atoms with E-state index < -0.39 is 29.7 Å². The van der Waals surface area contributed by atoms with Gasteiger partial charge in [0.15, 0.2) is 0 Å². The Morgan fingerprint density at radius 2 is 0.770 bits per heavy atom. The van der Waals surface area contributed by atoms with Crippen LogP contribution in [0.15, 0.2) is 128 Å². The van der Waals surface area contributed by atoms with Crippen LogP contribution in [0.2, 0.25) is 19.6 Å². The van der Waals surface area contributed by atoms with Crippen molar-refractivity contribution in [2.75, 3.05) is 12.4 Å². The van der Waals surface area contributed by atoms with Crippen molar-refractivity contribution in [1.29, 1.82) is 0 Å². The standard InChI is InChI=1S/C40H46BN2.C15H26NSi.Sn/c1-28(2)34-21-15-22-35(29(3)4)39(34)42-25-26-43(40-36(30(5)6)23-16-24-37(40)31(7)8)41(42)38(33-19-13-10-14-20-33)27-32-17-11-9-12-18-32;1-11(2)13-9-8-10-14(12(3)4)15(13)16-17(5,6)7;/h9-26,28-31H,1-8H3;8-12H,1-7H3;/q;-1;+1. The molecule has 1 aliphatic heterocycles. The molecule has 0 spiro atoms. The van der Waals surface area contributed by atoms with E-state index in [1.807, 2.05) is 0 Å². The Balaban J connectivity index is 1.82. The molecule has 0 aliphatic carbocycles. The Labute approximate surface area is 383 Å². The van der Waals surface area contributed by atoms with Gasteiger partial charge < -0.3 is 0 Å². The van der Waals surface area contributed by atoms with Gasteiger partial charge in [-0.1, -0.05) is 0 Å². The molecule has 318 valence electrons. The van der Waals surface area contributed by atoms with Crippen molar-refractivity contribution in [2.45, 2.75) is 138 Å². The van der Waals surface area contributed by atoms with Crippen LogP contribution in [0, 0.1) is 0 Å². The minimum atomic E-state index is -1.99. The average Bonchev–Trinajstić information content (AvgIpc) is 3.65. The van der Waals surface area contributed by atoms with E-state index in [0.29, 0.717) is 35.5 Å². The Morgan fingerprint density at radius 1 is 0.443 bits per heavy atom. The van der Waals surface area contributed by atoms with Crippen LogP contribution < -0.4 is 12.4 Å². The summed E-state index contributed by atoms with van der Waals surface area (Å²) in [4.78, 5) is 5.38. The van der Waals surface area contributed by atoms with E-state index in [1.54, 1.807) is 0 Å². The van der Waals surface area contributed by atoms with Gasteiger partial charge in [-0.2, -0.15) is 0 Å². The summed E-state index contributed by atoms with van der Waals surface area (Å²) in [6.45, 7) is 36.1.